The highest BCUT2D eigenvalue weighted by Gasteiger charge is 2.29. The molecule has 11 heteroatoms. The van der Waals surface area contributed by atoms with Gasteiger partial charge in [0.2, 0.25) is 0 Å². The van der Waals surface area contributed by atoms with E-state index in [4.69, 9.17) is 0 Å². The number of rotatable bonds is 7. The molecule has 0 bridgehead atoms. The summed E-state index contributed by atoms with van der Waals surface area (Å²) in [5, 5.41) is 2.62. The van der Waals surface area contributed by atoms with Gasteiger partial charge in [0.25, 0.3) is 5.91 Å². The van der Waals surface area contributed by atoms with E-state index in [1.54, 1.807) is 6.92 Å². The maximum Gasteiger partial charge on any atom is 0.422 e. The molecule has 0 saturated heterocycles. The number of aromatic nitrogens is 1. The predicted molar refractivity (Wildman–Crippen MR) is 89.7 cm³/mol. The molecule has 1 aromatic heterocycles. The Labute approximate surface area is 161 Å². The molecule has 2 rings (SSSR count). The first-order chi connectivity index (χ1) is 13.4. The SMILES string of the molecule is C[C@@H](NC(=O)c1ccc(OCC(F)(F)F)cc1)c1ccc(OCC(F)(F)F)cn1. The molecule has 1 heterocycles. The molecule has 5 nitrogen and oxygen atoms in total. The van der Waals surface area contributed by atoms with Crippen molar-refractivity contribution < 1.29 is 40.6 Å². The Kier molecular flexibility index (Phi) is 6.93. The van der Waals surface area contributed by atoms with Gasteiger partial charge < -0.3 is 14.8 Å². The van der Waals surface area contributed by atoms with E-state index in [2.05, 4.69) is 19.8 Å². The summed E-state index contributed by atoms with van der Waals surface area (Å²) in [7, 11) is 0. The van der Waals surface area contributed by atoms with Crippen LogP contribution in [0.2, 0.25) is 0 Å². The molecule has 0 aliphatic rings. The van der Waals surface area contributed by atoms with Crippen molar-refractivity contribution in [2.45, 2.75) is 25.3 Å². The fourth-order valence-electron chi connectivity index (χ4n) is 2.12. The highest BCUT2D eigenvalue weighted by Crippen LogP contribution is 2.21. The van der Waals surface area contributed by atoms with Crippen LogP contribution in [0, 0.1) is 0 Å². The third-order valence-electron chi connectivity index (χ3n) is 3.47. The molecule has 2 aromatic rings. The van der Waals surface area contributed by atoms with Crippen LogP contribution in [0.5, 0.6) is 11.5 Å². The van der Waals surface area contributed by atoms with Gasteiger partial charge in [-0.15, -0.1) is 0 Å². The second-order valence-corrected chi connectivity index (χ2v) is 5.95. The van der Waals surface area contributed by atoms with Crippen LogP contribution in [-0.4, -0.2) is 36.5 Å². The first-order valence-electron chi connectivity index (χ1n) is 8.19. The van der Waals surface area contributed by atoms with Crippen LogP contribution in [0.1, 0.15) is 29.0 Å². The first-order valence-corrected chi connectivity index (χ1v) is 8.19. The monoisotopic (exact) mass is 422 g/mol. The lowest BCUT2D eigenvalue weighted by Gasteiger charge is -2.15. The first kappa shape index (κ1) is 22.3. The van der Waals surface area contributed by atoms with E-state index >= 15 is 0 Å². The maximum atomic E-state index is 12.2. The third kappa shape index (κ3) is 7.88. The van der Waals surface area contributed by atoms with Gasteiger partial charge in [-0.2, -0.15) is 26.3 Å². The van der Waals surface area contributed by atoms with Crippen LogP contribution in [0.15, 0.2) is 42.6 Å². The number of nitrogens with zero attached hydrogens (tertiary/aromatic N) is 1. The van der Waals surface area contributed by atoms with E-state index in [-0.39, 0.29) is 17.1 Å². The lowest BCUT2D eigenvalue weighted by atomic mass is 10.1. The number of hydrogen-bond donors (Lipinski definition) is 1. The summed E-state index contributed by atoms with van der Waals surface area (Å²) in [5.41, 5.74) is 0.559. The Morgan fingerprint density at radius 1 is 0.931 bits per heavy atom. The van der Waals surface area contributed by atoms with Gasteiger partial charge >= 0.3 is 12.4 Å². The average molecular weight is 422 g/mol. The molecule has 0 aliphatic carbocycles. The minimum absolute atomic E-state index is 0.0389. The molecule has 0 saturated carbocycles. The Hall–Kier alpha value is -2.98. The molecule has 0 fully saturated rings. The second kappa shape index (κ2) is 9.01. The van der Waals surface area contributed by atoms with E-state index in [0.29, 0.717) is 5.69 Å². The van der Waals surface area contributed by atoms with Crippen molar-refractivity contribution in [3.8, 4) is 11.5 Å². The molecule has 0 radical (unpaired) electrons. The largest absolute Gasteiger partial charge is 0.484 e. The summed E-state index contributed by atoms with van der Waals surface area (Å²) < 4.78 is 81.8. The summed E-state index contributed by atoms with van der Waals surface area (Å²) in [6, 6.07) is 7.19. The molecule has 29 heavy (non-hydrogen) atoms. The number of halogens is 6. The van der Waals surface area contributed by atoms with Crippen molar-refractivity contribution in [2.24, 2.45) is 0 Å². The number of pyridine rings is 1. The Balaban J connectivity index is 1.91. The lowest BCUT2D eigenvalue weighted by molar-refractivity contribution is -0.154. The van der Waals surface area contributed by atoms with Gasteiger partial charge in [-0.25, -0.2) is 0 Å². The number of nitrogens with one attached hydrogen (secondary N) is 1. The van der Waals surface area contributed by atoms with Crippen LogP contribution in [0.4, 0.5) is 26.3 Å². The van der Waals surface area contributed by atoms with Crippen LogP contribution in [-0.2, 0) is 0 Å². The van der Waals surface area contributed by atoms with Crippen molar-refractivity contribution >= 4 is 5.91 Å². The molecule has 1 N–H and O–H groups in total. The van der Waals surface area contributed by atoms with Crippen molar-refractivity contribution in [2.75, 3.05) is 13.2 Å². The van der Waals surface area contributed by atoms with Gasteiger partial charge in [-0.1, -0.05) is 0 Å². The minimum Gasteiger partial charge on any atom is -0.484 e. The van der Waals surface area contributed by atoms with Gasteiger partial charge in [0, 0.05) is 5.56 Å². The summed E-state index contributed by atoms with van der Waals surface area (Å²) in [4.78, 5) is 16.2. The lowest BCUT2D eigenvalue weighted by Crippen LogP contribution is -2.27. The van der Waals surface area contributed by atoms with Crippen molar-refractivity contribution in [3.05, 3.63) is 53.9 Å². The van der Waals surface area contributed by atoms with Gasteiger partial charge in [0.15, 0.2) is 13.2 Å². The summed E-state index contributed by atoms with van der Waals surface area (Å²) in [6.07, 6.45) is -7.82. The van der Waals surface area contributed by atoms with Crippen LogP contribution < -0.4 is 14.8 Å². The van der Waals surface area contributed by atoms with Gasteiger partial charge in [-0.05, 0) is 43.3 Å². The molecule has 1 atom stereocenters. The quantitative estimate of drug-likeness (QED) is 0.670. The number of benzene rings is 1. The zero-order valence-electron chi connectivity index (χ0n) is 15.0. The molecule has 0 unspecified atom stereocenters. The number of ether oxygens (including phenoxy) is 2. The number of amides is 1. The number of alkyl halides is 6. The zero-order valence-corrected chi connectivity index (χ0v) is 15.0. The van der Waals surface area contributed by atoms with Gasteiger partial charge in [0.05, 0.1) is 17.9 Å². The van der Waals surface area contributed by atoms with Gasteiger partial charge in [-0.3, -0.25) is 9.78 Å². The smallest absolute Gasteiger partial charge is 0.422 e. The standard InChI is InChI=1S/C18H16F6N2O3/c1-11(15-7-6-14(8-25-15)29-10-18(22,23)24)26-16(27)12-2-4-13(5-3-12)28-9-17(19,20)21/h2-8,11H,9-10H2,1H3,(H,26,27)/t11-/m1/s1. The Morgan fingerprint density at radius 3 is 1.93 bits per heavy atom. The molecular formula is C18H16F6N2O3. The van der Waals surface area contributed by atoms with Crippen LogP contribution >= 0.6 is 0 Å². The normalized spacial score (nSPS) is 12.9. The van der Waals surface area contributed by atoms with Crippen LogP contribution in [0.3, 0.4) is 0 Å². The van der Waals surface area contributed by atoms with E-state index in [1.807, 2.05) is 0 Å². The van der Waals surface area contributed by atoms with Crippen molar-refractivity contribution in [1.82, 2.24) is 10.3 Å². The summed E-state index contributed by atoms with van der Waals surface area (Å²) >= 11 is 0. The predicted octanol–water partition coefficient (Wildman–Crippen LogP) is 4.45. The third-order valence-corrected chi connectivity index (χ3v) is 3.47. The van der Waals surface area contributed by atoms with Crippen LogP contribution in [0.25, 0.3) is 0 Å². The number of hydrogen-bond acceptors (Lipinski definition) is 4. The van der Waals surface area contributed by atoms with E-state index in [0.717, 1.165) is 6.20 Å². The molecule has 1 aromatic carbocycles. The maximum absolute atomic E-state index is 12.2. The fourth-order valence-corrected chi connectivity index (χ4v) is 2.12. The average Bonchev–Trinajstić information content (AvgIpc) is 2.64. The Morgan fingerprint density at radius 2 is 1.45 bits per heavy atom. The highest BCUT2D eigenvalue weighted by atomic mass is 19.4. The topological polar surface area (TPSA) is 60.5 Å². The number of carbonyl (C=O) groups is 1. The highest BCUT2D eigenvalue weighted by molar-refractivity contribution is 5.94. The van der Waals surface area contributed by atoms with Crippen molar-refractivity contribution in [3.63, 3.8) is 0 Å². The second-order valence-electron chi connectivity index (χ2n) is 5.95. The van der Waals surface area contributed by atoms with E-state index in [9.17, 15) is 31.1 Å². The van der Waals surface area contributed by atoms with E-state index < -0.39 is 37.5 Å². The molecule has 158 valence electrons. The summed E-state index contributed by atoms with van der Waals surface area (Å²) in [6.45, 7) is -1.27. The minimum atomic E-state index is -4.47. The van der Waals surface area contributed by atoms with Gasteiger partial charge in [0.1, 0.15) is 11.5 Å². The number of carbonyl (C=O) groups excluding carboxylic acids is 1. The Bertz CT molecular complexity index is 804. The molecular weight excluding hydrogens is 406 g/mol. The molecule has 0 spiro atoms. The van der Waals surface area contributed by atoms with Crippen molar-refractivity contribution in [1.29, 1.82) is 0 Å². The summed E-state index contributed by atoms with van der Waals surface area (Å²) in [5.74, 6) is -0.624. The van der Waals surface area contributed by atoms with E-state index in [1.165, 1.54) is 36.4 Å². The fraction of sp³-hybridized carbons (Fsp3) is 0.333. The molecule has 1 amide bonds. The molecule has 0 aliphatic heterocycles. The zero-order chi connectivity index (χ0) is 21.7.